The molecule has 92 valence electrons. The zero-order chi connectivity index (χ0) is 11.5. The molecule has 16 heavy (non-hydrogen) atoms. The lowest BCUT2D eigenvalue weighted by molar-refractivity contribution is -0.136. The number of hydrogen-bond donors (Lipinski definition) is 1. The molecule has 2 atom stereocenters. The van der Waals surface area contributed by atoms with Gasteiger partial charge in [-0.05, 0) is 31.7 Å². The second-order valence-corrected chi connectivity index (χ2v) is 5.36. The van der Waals surface area contributed by atoms with Crippen LogP contribution in [-0.4, -0.2) is 36.5 Å². The summed E-state index contributed by atoms with van der Waals surface area (Å²) in [5.41, 5.74) is 0. The standard InChI is InChI=1S/C13H24N2O/c1-3-4-7-15(11-5-6-11)13(16)12-9-14-8-10(12)2/h10-12,14H,3-9H2,1-2H3. The molecule has 1 heterocycles. The summed E-state index contributed by atoms with van der Waals surface area (Å²) in [5.74, 6) is 1.15. The molecule has 2 fully saturated rings. The van der Waals surface area contributed by atoms with Gasteiger partial charge in [0.15, 0.2) is 0 Å². The fraction of sp³-hybridized carbons (Fsp3) is 0.923. The summed E-state index contributed by atoms with van der Waals surface area (Å²) >= 11 is 0. The third-order valence-corrected chi connectivity index (χ3v) is 3.86. The Bertz CT molecular complexity index is 250. The molecule has 1 saturated carbocycles. The molecule has 0 aromatic carbocycles. The minimum atomic E-state index is 0.234. The van der Waals surface area contributed by atoms with Gasteiger partial charge in [-0.15, -0.1) is 0 Å². The minimum absolute atomic E-state index is 0.234. The van der Waals surface area contributed by atoms with Gasteiger partial charge in [0.1, 0.15) is 0 Å². The van der Waals surface area contributed by atoms with Gasteiger partial charge in [-0.2, -0.15) is 0 Å². The number of rotatable bonds is 5. The van der Waals surface area contributed by atoms with E-state index >= 15 is 0 Å². The van der Waals surface area contributed by atoms with Crippen molar-refractivity contribution < 1.29 is 4.79 Å². The van der Waals surface area contributed by atoms with Crippen molar-refractivity contribution in [1.29, 1.82) is 0 Å². The number of nitrogens with one attached hydrogen (secondary N) is 1. The number of nitrogens with zero attached hydrogens (tertiary/aromatic N) is 1. The Morgan fingerprint density at radius 1 is 1.38 bits per heavy atom. The zero-order valence-electron chi connectivity index (χ0n) is 10.5. The van der Waals surface area contributed by atoms with Crippen LogP contribution in [0.1, 0.15) is 39.5 Å². The van der Waals surface area contributed by atoms with Crippen molar-refractivity contribution in [2.45, 2.75) is 45.6 Å². The largest absolute Gasteiger partial charge is 0.339 e. The third kappa shape index (κ3) is 2.57. The van der Waals surface area contributed by atoms with E-state index in [9.17, 15) is 4.79 Å². The molecule has 2 rings (SSSR count). The number of hydrogen-bond acceptors (Lipinski definition) is 2. The van der Waals surface area contributed by atoms with Crippen LogP contribution in [0.25, 0.3) is 0 Å². The second kappa shape index (κ2) is 5.17. The molecular formula is C13H24N2O. The summed E-state index contributed by atoms with van der Waals surface area (Å²) in [4.78, 5) is 14.6. The van der Waals surface area contributed by atoms with Crippen LogP contribution < -0.4 is 5.32 Å². The van der Waals surface area contributed by atoms with Gasteiger partial charge >= 0.3 is 0 Å². The van der Waals surface area contributed by atoms with E-state index in [1.807, 2.05) is 0 Å². The van der Waals surface area contributed by atoms with Crippen molar-refractivity contribution in [3.05, 3.63) is 0 Å². The molecule has 1 aliphatic heterocycles. The highest BCUT2D eigenvalue weighted by atomic mass is 16.2. The summed E-state index contributed by atoms with van der Waals surface area (Å²) in [6.07, 6.45) is 4.78. The zero-order valence-corrected chi connectivity index (χ0v) is 10.5. The lowest BCUT2D eigenvalue weighted by Gasteiger charge is -2.26. The van der Waals surface area contributed by atoms with Crippen LogP contribution in [-0.2, 0) is 4.79 Å². The first-order valence-corrected chi connectivity index (χ1v) is 6.75. The summed E-state index contributed by atoms with van der Waals surface area (Å²) in [5, 5.41) is 3.33. The molecule has 2 aliphatic rings. The van der Waals surface area contributed by atoms with Crippen LogP contribution in [0.2, 0.25) is 0 Å². The number of amides is 1. The van der Waals surface area contributed by atoms with Crippen molar-refractivity contribution in [3.8, 4) is 0 Å². The maximum Gasteiger partial charge on any atom is 0.227 e. The summed E-state index contributed by atoms with van der Waals surface area (Å²) in [6.45, 7) is 7.24. The van der Waals surface area contributed by atoms with E-state index < -0.39 is 0 Å². The fourth-order valence-corrected chi connectivity index (χ4v) is 2.54. The van der Waals surface area contributed by atoms with Crippen molar-refractivity contribution in [2.24, 2.45) is 11.8 Å². The van der Waals surface area contributed by atoms with E-state index in [1.165, 1.54) is 19.3 Å². The van der Waals surface area contributed by atoms with Crippen LogP contribution in [0.4, 0.5) is 0 Å². The number of carbonyl (C=O) groups excluding carboxylic acids is 1. The predicted molar refractivity (Wildman–Crippen MR) is 65.2 cm³/mol. The summed E-state index contributed by atoms with van der Waals surface area (Å²) < 4.78 is 0. The van der Waals surface area contributed by atoms with Gasteiger partial charge in [0.25, 0.3) is 0 Å². The smallest absolute Gasteiger partial charge is 0.227 e. The molecule has 1 N–H and O–H groups in total. The van der Waals surface area contributed by atoms with Crippen LogP contribution in [0.3, 0.4) is 0 Å². The van der Waals surface area contributed by atoms with Gasteiger partial charge in [0.2, 0.25) is 5.91 Å². The average molecular weight is 224 g/mol. The highest BCUT2D eigenvalue weighted by Gasteiger charge is 2.38. The lowest BCUT2D eigenvalue weighted by atomic mass is 9.96. The average Bonchev–Trinajstić information content (AvgIpc) is 3.01. The predicted octanol–water partition coefficient (Wildman–Crippen LogP) is 1.63. The Hall–Kier alpha value is -0.570. The Balaban J connectivity index is 1.93. The van der Waals surface area contributed by atoms with Gasteiger partial charge in [-0.25, -0.2) is 0 Å². The lowest BCUT2D eigenvalue weighted by Crippen LogP contribution is -2.40. The van der Waals surface area contributed by atoms with E-state index in [-0.39, 0.29) is 5.92 Å². The molecule has 1 aliphatic carbocycles. The quantitative estimate of drug-likeness (QED) is 0.770. The minimum Gasteiger partial charge on any atom is -0.339 e. The molecule has 0 aromatic heterocycles. The van der Waals surface area contributed by atoms with E-state index in [0.717, 1.165) is 26.1 Å². The van der Waals surface area contributed by atoms with Crippen LogP contribution in [0.5, 0.6) is 0 Å². The first-order chi connectivity index (χ1) is 7.74. The fourth-order valence-electron chi connectivity index (χ4n) is 2.54. The molecule has 0 spiro atoms. The molecule has 2 unspecified atom stereocenters. The number of carbonyl (C=O) groups is 1. The molecule has 3 heteroatoms. The van der Waals surface area contributed by atoms with Crippen molar-refractivity contribution in [3.63, 3.8) is 0 Å². The van der Waals surface area contributed by atoms with Crippen LogP contribution >= 0.6 is 0 Å². The highest BCUT2D eigenvalue weighted by Crippen LogP contribution is 2.30. The molecule has 0 bridgehead atoms. The van der Waals surface area contributed by atoms with E-state index in [4.69, 9.17) is 0 Å². The Kier molecular flexibility index (Phi) is 3.85. The third-order valence-electron chi connectivity index (χ3n) is 3.86. The van der Waals surface area contributed by atoms with E-state index in [0.29, 0.717) is 17.9 Å². The summed E-state index contributed by atoms with van der Waals surface area (Å²) in [7, 11) is 0. The van der Waals surface area contributed by atoms with Crippen molar-refractivity contribution in [2.75, 3.05) is 19.6 Å². The van der Waals surface area contributed by atoms with Crippen molar-refractivity contribution >= 4 is 5.91 Å². The van der Waals surface area contributed by atoms with Gasteiger partial charge in [0, 0.05) is 19.1 Å². The molecule has 3 nitrogen and oxygen atoms in total. The molecule has 0 aromatic rings. The van der Waals surface area contributed by atoms with Gasteiger partial charge in [0.05, 0.1) is 5.92 Å². The van der Waals surface area contributed by atoms with Gasteiger partial charge in [-0.1, -0.05) is 20.3 Å². The SMILES string of the molecule is CCCCN(C(=O)C1CNCC1C)C1CC1. The van der Waals surface area contributed by atoms with Gasteiger partial charge in [-0.3, -0.25) is 4.79 Å². The van der Waals surface area contributed by atoms with Crippen molar-refractivity contribution in [1.82, 2.24) is 10.2 Å². The highest BCUT2D eigenvalue weighted by molar-refractivity contribution is 5.80. The Labute approximate surface area is 98.6 Å². The van der Waals surface area contributed by atoms with Gasteiger partial charge < -0.3 is 10.2 Å². The van der Waals surface area contributed by atoms with Crippen LogP contribution in [0.15, 0.2) is 0 Å². The topological polar surface area (TPSA) is 32.3 Å². The molecule has 0 radical (unpaired) electrons. The van der Waals surface area contributed by atoms with E-state index in [2.05, 4.69) is 24.1 Å². The normalized spacial score (nSPS) is 29.4. The monoisotopic (exact) mass is 224 g/mol. The molecule has 1 saturated heterocycles. The van der Waals surface area contributed by atoms with E-state index in [1.54, 1.807) is 0 Å². The first kappa shape index (κ1) is 11.9. The molecule has 1 amide bonds. The summed E-state index contributed by atoms with van der Waals surface area (Å²) in [6, 6.07) is 0.576. The maximum absolute atomic E-state index is 12.4. The van der Waals surface area contributed by atoms with Crippen LogP contribution in [0, 0.1) is 11.8 Å². The second-order valence-electron chi connectivity index (χ2n) is 5.36. The first-order valence-electron chi connectivity index (χ1n) is 6.75. The maximum atomic E-state index is 12.4. The Morgan fingerprint density at radius 2 is 2.12 bits per heavy atom. The Morgan fingerprint density at radius 3 is 2.62 bits per heavy atom. The molecular weight excluding hydrogens is 200 g/mol. The number of unbranched alkanes of at least 4 members (excludes halogenated alkanes) is 1.